The summed E-state index contributed by atoms with van der Waals surface area (Å²) in [7, 11) is 1.55. The van der Waals surface area contributed by atoms with Gasteiger partial charge in [-0.1, -0.05) is 20.3 Å². The topological polar surface area (TPSA) is 87.7 Å². The molecule has 2 unspecified atom stereocenters. The van der Waals surface area contributed by atoms with E-state index < -0.39 is 18.0 Å². The maximum Gasteiger partial charge on any atom is 0.326 e. The van der Waals surface area contributed by atoms with Crippen LogP contribution < -0.4 is 15.4 Å². The molecule has 3 N–H and O–H groups in total. The zero-order valence-corrected chi connectivity index (χ0v) is 13.7. The average molecular weight is 359 g/mol. The van der Waals surface area contributed by atoms with Crippen molar-refractivity contribution in [1.29, 1.82) is 0 Å². The highest BCUT2D eigenvalue weighted by Crippen LogP contribution is 2.27. The van der Waals surface area contributed by atoms with Gasteiger partial charge in [-0.2, -0.15) is 0 Å². The second kappa shape index (κ2) is 7.87. The quantitative estimate of drug-likeness (QED) is 0.728. The van der Waals surface area contributed by atoms with Crippen LogP contribution >= 0.6 is 15.9 Å². The van der Waals surface area contributed by atoms with E-state index in [9.17, 15) is 9.59 Å². The maximum absolute atomic E-state index is 11.9. The van der Waals surface area contributed by atoms with Gasteiger partial charge in [0.1, 0.15) is 11.8 Å². The zero-order valence-electron chi connectivity index (χ0n) is 12.1. The van der Waals surface area contributed by atoms with Crippen molar-refractivity contribution in [1.82, 2.24) is 5.32 Å². The molecule has 21 heavy (non-hydrogen) atoms. The maximum atomic E-state index is 11.9. The predicted octanol–water partition coefficient (Wildman–Crippen LogP) is 3.08. The van der Waals surface area contributed by atoms with Crippen molar-refractivity contribution < 1.29 is 19.4 Å². The summed E-state index contributed by atoms with van der Waals surface area (Å²) in [6.07, 6.45) is 0.658. The molecule has 0 aliphatic rings. The summed E-state index contributed by atoms with van der Waals surface area (Å²) in [5.74, 6) is -0.560. The average Bonchev–Trinajstić information content (AvgIpc) is 2.44. The molecular formula is C14H19BrN2O4. The first kappa shape index (κ1) is 17.3. The van der Waals surface area contributed by atoms with E-state index in [4.69, 9.17) is 9.84 Å². The van der Waals surface area contributed by atoms with E-state index in [0.717, 1.165) is 0 Å². The molecule has 116 valence electrons. The van der Waals surface area contributed by atoms with Crippen molar-refractivity contribution in [3.8, 4) is 5.75 Å². The second-order valence-electron chi connectivity index (χ2n) is 4.65. The molecule has 2 amide bonds. The number of carbonyl (C=O) groups excluding carboxylic acids is 1. The molecule has 2 atom stereocenters. The van der Waals surface area contributed by atoms with E-state index in [1.165, 1.54) is 0 Å². The Bertz CT molecular complexity index is 522. The summed E-state index contributed by atoms with van der Waals surface area (Å²) in [5.41, 5.74) is 0.536. The summed E-state index contributed by atoms with van der Waals surface area (Å²) < 4.78 is 5.79. The number of carboxylic acids is 1. The number of rotatable bonds is 6. The van der Waals surface area contributed by atoms with E-state index >= 15 is 0 Å². The molecule has 0 aliphatic heterocycles. The van der Waals surface area contributed by atoms with Crippen LogP contribution in [0.2, 0.25) is 0 Å². The number of urea groups is 1. The summed E-state index contributed by atoms with van der Waals surface area (Å²) in [6, 6.07) is 3.57. The van der Waals surface area contributed by atoms with Gasteiger partial charge in [0.05, 0.1) is 11.6 Å². The lowest BCUT2D eigenvalue weighted by Gasteiger charge is -2.20. The van der Waals surface area contributed by atoms with Gasteiger partial charge in [0, 0.05) is 5.69 Å². The smallest absolute Gasteiger partial charge is 0.326 e. The molecule has 0 saturated heterocycles. The van der Waals surface area contributed by atoms with Gasteiger partial charge in [0.2, 0.25) is 0 Å². The van der Waals surface area contributed by atoms with Gasteiger partial charge >= 0.3 is 12.0 Å². The third kappa shape index (κ3) is 4.93. The van der Waals surface area contributed by atoms with Crippen LogP contribution in [0.4, 0.5) is 10.5 Å². The number of carboxylic acid groups (broad SMARTS) is 1. The number of amides is 2. The van der Waals surface area contributed by atoms with E-state index in [2.05, 4.69) is 26.6 Å². The molecular weight excluding hydrogens is 340 g/mol. The lowest BCUT2D eigenvalue weighted by molar-refractivity contribution is -0.140. The molecule has 0 aliphatic carbocycles. The largest absolute Gasteiger partial charge is 0.496 e. The van der Waals surface area contributed by atoms with Crippen LogP contribution in [0, 0.1) is 5.92 Å². The fourth-order valence-corrected chi connectivity index (χ4v) is 2.28. The second-order valence-corrected chi connectivity index (χ2v) is 5.50. The Morgan fingerprint density at radius 2 is 2.10 bits per heavy atom. The van der Waals surface area contributed by atoms with Crippen molar-refractivity contribution in [3.63, 3.8) is 0 Å². The van der Waals surface area contributed by atoms with Gasteiger partial charge < -0.3 is 20.5 Å². The number of benzene rings is 1. The molecule has 1 rings (SSSR count). The highest BCUT2D eigenvalue weighted by Gasteiger charge is 2.25. The first-order valence-corrected chi connectivity index (χ1v) is 7.32. The number of hydrogen-bond donors (Lipinski definition) is 3. The zero-order chi connectivity index (χ0) is 16.0. The van der Waals surface area contributed by atoms with Crippen LogP contribution in [0.5, 0.6) is 5.75 Å². The highest BCUT2D eigenvalue weighted by molar-refractivity contribution is 9.10. The predicted molar refractivity (Wildman–Crippen MR) is 83.7 cm³/mol. The number of nitrogens with one attached hydrogen (secondary N) is 2. The van der Waals surface area contributed by atoms with Crippen molar-refractivity contribution in [2.45, 2.75) is 26.3 Å². The minimum absolute atomic E-state index is 0.157. The van der Waals surface area contributed by atoms with Gasteiger partial charge in [-0.25, -0.2) is 9.59 Å². The Morgan fingerprint density at radius 3 is 2.57 bits per heavy atom. The number of ether oxygens (including phenoxy) is 1. The van der Waals surface area contributed by atoms with Crippen molar-refractivity contribution >= 4 is 33.6 Å². The normalized spacial score (nSPS) is 13.1. The molecule has 0 fully saturated rings. The fourth-order valence-electron chi connectivity index (χ4n) is 1.74. The molecule has 0 spiro atoms. The summed E-state index contributed by atoms with van der Waals surface area (Å²) in [4.78, 5) is 23.0. The first-order valence-electron chi connectivity index (χ1n) is 6.52. The minimum Gasteiger partial charge on any atom is -0.496 e. The van der Waals surface area contributed by atoms with Crippen molar-refractivity contribution in [2.24, 2.45) is 5.92 Å². The molecule has 0 bridgehead atoms. The van der Waals surface area contributed by atoms with Gasteiger partial charge in [0.25, 0.3) is 0 Å². The Labute approximate surface area is 132 Å². The number of methoxy groups -OCH3 is 1. The monoisotopic (exact) mass is 358 g/mol. The number of carbonyl (C=O) groups is 2. The van der Waals surface area contributed by atoms with Gasteiger partial charge in [-0.05, 0) is 40.0 Å². The summed E-state index contributed by atoms with van der Waals surface area (Å²) in [6.45, 7) is 3.66. The standard InChI is InChI=1S/C14H19BrN2O4/c1-4-8(2)12(13(18)19)17-14(20)16-9-5-6-11(21-3)10(15)7-9/h5-8,12H,4H2,1-3H3,(H,18,19)(H2,16,17,20). The lowest BCUT2D eigenvalue weighted by atomic mass is 9.99. The van der Waals surface area contributed by atoms with Crippen LogP contribution in [-0.4, -0.2) is 30.3 Å². The third-order valence-electron chi connectivity index (χ3n) is 3.18. The molecule has 1 aromatic carbocycles. The Hall–Kier alpha value is -1.76. The van der Waals surface area contributed by atoms with Crippen LogP contribution in [0.3, 0.4) is 0 Å². The highest BCUT2D eigenvalue weighted by atomic mass is 79.9. The third-order valence-corrected chi connectivity index (χ3v) is 3.80. The Balaban J connectivity index is 2.72. The SMILES string of the molecule is CCC(C)C(NC(=O)Nc1ccc(OC)c(Br)c1)C(=O)O. The molecule has 7 heteroatoms. The van der Waals surface area contributed by atoms with Gasteiger partial charge in [-0.15, -0.1) is 0 Å². The van der Waals surface area contributed by atoms with Crippen LogP contribution in [-0.2, 0) is 4.79 Å². The molecule has 0 heterocycles. The van der Waals surface area contributed by atoms with E-state index in [1.54, 1.807) is 32.2 Å². The number of hydrogen-bond acceptors (Lipinski definition) is 3. The lowest BCUT2D eigenvalue weighted by Crippen LogP contribution is -2.46. The summed E-state index contributed by atoms with van der Waals surface area (Å²) >= 11 is 3.31. The van der Waals surface area contributed by atoms with E-state index in [1.807, 2.05) is 6.92 Å². The van der Waals surface area contributed by atoms with Crippen molar-refractivity contribution in [3.05, 3.63) is 22.7 Å². The molecule has 1 aromatic rings. The van der Waals surface area contributed by atoms with Gasteiger partial charge in [0.15, 0.2) is 0 Å². The number of aliphatic carboxylic acids is 1. The van der Waals surface area contributed by atoms with E-state index in [-0.39, 0.29) is 5.92 Å². The number of halogens is 1. The van der Waals surface area contributed by atoms with Crippen molar-refractivity contribution in [2.75, 3.05) is 12.4 Å². The van der Waals surface area contributed by atoms with Crippen LogP contribution in [0.1, 0.15) is 20.3 Å². The number of anilines is 1. The molecule has 6 nitrogen and oxygen atoms in total. The Kier molecular flexibility index (Phi) is 6.48. The van der Waals surface area contributed by atoms with Gasteiger partial charge in [-0.3, -0.25) is 0 Å². The van der Waals surface area contributed by atoms with Crippen LogP contribution in [0.15, 0.2) is 22.7 Å². The molecule has 0 saturated carbocycles. The Morgan fingerprint density at radius 1 is 1.43 bits per heavy atom. The van der Waals surface area contributed by atoms with Crippen LogP contribution in [0.25, 0.3) is 0 Å². The fraction of sp³-hybridized carbons (Fsp3) is 0.429. The molecule has 0 radical (unpaired) electrons. The van der Waals surface area contributed by atoms with E-state index in [0.29, 0.717) is 22.3 Å². The first-order chi connectivity index (χ1) is 9.88. The molecule has 0 aromatic heterocycles. The summed E-state index contributed by atoms with van der Waals surface area (Å²) in [5, 5.41) is 14.2. The minimum atomic E-state index is -1.05.